The van der Waals surface area contributed by atoms with Crippen LogP contribution in [0.15, 0.2) is 106 Å². The number of hydrogen-bond donors (Lipinski definition) is 1. The Morgan fingerprint density at radius 3 is 2.28 bits per heavy atom. The summed E-state index contributed by atoms with van der Waals surface area (Å²) in [7, 11) is -2.89. The van der Waals surface area contributed by atoms with Crippen LogP contribution in [0, 0.1) is 6.92 Å². The molecule has 1 N–H and O–H groups in total. The summed E-state index contributed by atoms with van der Waals surface area (Å²) >= 11 is 9.85. The first-order valence-electron chi connectivity index (χ1n) is 14.8. The highest BCUT2D eigenvalue weighted by Gasteiger charge is 2.35. The molecular weight excluding hydrogens is 690 g/mol. The molecule has 0 saturated carbocycles. The van der Waals surface area contributed by atoms with Crippen molar-refractivity contribution in [2.75, 3.05) is 24.5 Å². The van der Waals surface area contributed by atoms with Gasteiger partial charge in [-0.3, -0.25) is 13.9 Å². The van der Waals surface area contributed by atoms with Crippen LogP contribution in [-0.4, -0.2) is 51.4 Å². The van der Waals surface area contributed by atoms with Crippen molar-refractivity contribution >= 4 is 55.1 Å². The number of sulfonamides is 1. The minimum atomic E-state index is -4.31. The van der Waals surface area contributed by atoms with E-state index in [1.165, 1.54) is 30.2 Å². The van der Waals surface area contributed by atoms with E-state index in [0.717, 1.165) is 25.5 Å². The molecule has 0 fully saturated rings. The van der Waals surface area contributed by atoms with Gasteiger partial charge in [-0.05, 0) is 66.9 Å². The third-order valence-electron chi connectivity index (χ3n) is 7.36. The van der Waals surface area contributed by atoms with Crippen LogP contribution in [-0.2, 0) is 32.6 Å². The van der Waals surface area contributed by atoms with Crippen LogP contribution >= 0.6 is 27.5 Å². The molecule has 4 aromatic rings. The van der Waals surface area contributed by atoms with Gasteiger partial charge in [0.15, 0.2) is 0 Å². The van der Waals surface area contributed by atoms with E-state index in [1.807, 2.05) is 68.4 Å². The third kappa shape index (κ3) is 8.90. The number of halogens is 2. The molecule has 8 nitrogen and oxygen atoms in total. The maximum absolute atomic E-state index is 14.6. The van der Waals surface area contributed by atoms with E-state index in [4.69, 9.17) is 16.3 Å². The third-order valence-corrected chi connectivity index (χ3v) is 9.86. The highest BCUT2D eigenvalue weighted by atomic mass is 79.9. The molecule has 4 rings (SSSR count). The highest BCUT2D eigenvalue weighted by Crippen LogP contribution is 2.35. The van der Waals surface area contributed by atoms with Crippen molar-refractivity contribution in [3.63, 3.8) is 0 Å². The van der Waals surface area contributed by atoms with Gasteiger partial charge in [0.1, 0.15) is 18.3 Å². The Hall–Kier alpha value is -3.86. The van der Waals surface area contributed by atoms with Crippen molar-refractivity contribution in [3.8, 4) is 5.75 Å². The zero-order chi connectivity index (χ0) is 33.3. The predicted octanol–water partition coefficient (Wildman–Crippen LogP) is 6.78. The Labute approximate surface area is 284 Å². The average Bonchev–Trinajstić information content (AvgIpc) is 3.04. The maximum atomic E-state index is 14.6. The van der Waals surface area contributed by atoms with Crippen LogP contribution in [0.25, 0.3) is 0 Å². The molecule has 0 aliphatic carbocycles. The number of carbonyl (C=O) groups excluding carboxylic acids is 2. The second kappa shape index (κ2) is 16.1. The fourth-order valence-electron chi connectivity index (χ4n) is 4.96. The minimum Gasteiger partial charge on any atom is -0.495 e. The maximum Gasteiger partial charge on any atom is 0.264 e. The minimum absolute atomic E-state index is 0.00649. The number of anilines is 1. The van der Waals surface area contributed by atoms with Crippen LogP contribution in [0.3, 0.4) is 0 Å². The first-order chi connectivity index (χ1) is 22.0. The van der Waals surface area contributed by atoms with Gasteiger partial charge in [-0.1, -0.05) is 94.6 Å². The SMILES string of the molecule is CCCNC(=O)[C@H](Cc1ccccc1)N(Cc1cccc(Br)c1)C(=O)CN(c1cc(Cl)ccc1OC)S(=O)(=O)c1ccc(C)cc1. The molecule has 0 heterocycles. The summed E-state index contributed by atoms with van der Waals surface area (Å²) in [6.07, 6.45) is 0.932. The van der Waals surface area contributed by atoms with Crippen LogP contribution in [0.4, 0.5) is 5.69 Å². The van der Waals surface area contributed by atoms with Gasteiger partial charge in [-0.15, -0.1) is 0 Å². The van der Waals surface area contributed by atoms with Crippen LogP contribution in [0.5, 0.6) is 5.75 Å². The largest absolute Gasteiger partial charge is 0.495 e. The molecule has 0 unspecified atom stereocenters. The van der Waals surface area contributed by atoms with E-state index in [0.29, 0.717) is 13.0 Å². The van der Waals surface area contributed by atoms with Crippen molar-refractivity contribution in [2.45, 2.75) is 44.2 Å². The summed E-state index contributed by atoms with van der Waals surface area (Å²) in [5.74, 6) is -0.694. The van der Waals surface area contributed by atoms with Crippen molar-refractivity contribution in [1.82, 2.24) is 10.2 Å². The molecule has 2 amide bonds. The second-order valence-corrected chi connectivity index (χ2v) is 14.0. The fourth-order valence-corrected chi connectivity index (χ4v) is 6.99. The lowest BCUT2D eigenvalue weighted by Gasteiger charge is -2.34. The number of methoxy groups -OCH3 is 1. The molecule has 0 aromatic heterocycles. The molecule has 0 saturated heterocycles. The van der Waals surface area contributed by atoms with Crippen molar-refractivity contribution < 1.29 is 22.7 Å². The Balaban J connectivity index is 1.85. The van der Waals surface area contributed by atoms with Crippen LogP contribution in [0.2, 0.25) is 5.02 Å². The molecule has 0 aliphatic heterocycles. The monoisotopic (exact) mass is 725 g/mol. The van der Waals surface area contributed by atoms with Gasteiger partial charge in [0.25, 0.3) is 10.0 Å². The van der Waals surface area contributed by atoms with E-state index >= 15 is 0 Å². The van der Waals surface area contributed by atoms with E-state index in [1.54, 1.807) is 24.3 Å². The van der Waals surface area contributed by atoms with Gasteiger partial charge in [-0.25, -0.2) is 8.42 Å². The van der Waals surface area contributed by atoms with Crippen molar-refractivity contribution in [1.29, 1.82) is 0 Å². The zero-order valence-electron chi connectivity index (χ0n) is 26.0. The molecule has 46 heavy (non-hydrogen) atoms. The number of hydrogen-bond acceptors (Lipinski definition) is 5. The molecule has 4 aromatic carbocycles. The molecular formula is C35H37BrClN3O5S. The molecule has 0 aliphatic rings. The highest BCUT2D eigenvalue weighted by molar-refractivity contribution is 9.10. The summed E-state index contributed by atoms with van der Waals surface area (Å²) < 4.78 is 35.9. The standard InChI is InChI=1S/C35H37BrClN3O5S/c1-4-19-38-35(42)32(21-26-9-6-5-7-10-26)39(23-27-11-8-12-28(36)20-27)34(41)24-40(31-22-29(37)15-18-33(31)45-3)46(43,44)30-16-13-25(2)14-17-30/h5-18,20,22,32H,4,19,21,23-24H2,1-3H3,(H,38,42)/t32-/m0/s1. The molecule has 11 heteroatoms. The lowest BCUT2D eigenvalue weighted by Crippen LogP contribution is -2.53. The number of amides is 2. The van der Waals surface area contributed by atoms with Gasteiger partial charge in [0.2, 0.25) is 11.8 Å². The number of benzene rings is 4. The van der Waals surface area contributed by atoms with Gasteiger partial charge in [0, 0.05) is 29.0 Å². The Morgan fingerprint density at radius 1 is 0.935 bits per heavy atom. The lowest BCUT2D eigenvalue weighted by molar-refractivity contribution is -0.140. The molecule has 1 atom stereocenters. The van der Waals surface area contributed by atoms with Gasteiger partial charge >= 0.3 is 0 Å². The average molecular weight is 727 g/mol. The first-order valence-corrected chi connectivity index (χ1v) is 17.4. The second-order valence-electron chi connectivity index (χ2n) is 10.8. The Bertz CT molecular complexity index is 1750. The van der Waals surface area contributed by atoms with E-state index < -0.39 is 28.5 Å². The molecule has 242 valence electrons. The topological polar surface area (TPSA) is 96.0 Å². The first kappa shape index (κ1) is 35.0. The summed E-state index contributed by atoms with van der Waals surface area (Å²) in [5, 5.41) is 3.21. The fraction of sp³-hybridized carbons (Fsp3) is 0.257. The summed E-state index contributed by atoms with van der Waals surface area (Å²) in [5.41, 5.74) is 2.59. The Morgan fingerprint density at radius 2 is 1.63 bits per heavy atom. The molecule has 0 spiro atoms. The van der Waals surface area contributed by atoms with E-state index in [9.17, 15) is 18.0 Å². The number of carbonyl (C=O) groups is 2. The predicted molar refractivity (Wildman–Crippen MR) is 186 cm³/mol. The quantitative estimate of drug-likeness (QED) is 0.155. The summed E-state index contributed by atoms with van der Waals surface area (Å²) in [6, 6.07) is 26.9. The van der Waals surface area contributed by atoms with Crippen molar-refractivity contribution in [3.05, 3.63) is 123 Å². The van der Waals surface area contributed by atoms with Crippen molar-refractivity contribution in [2.24, 2.45) is 0 Å². The van der Waals surface area contributed by atoms with Crippen LogP contribution < -0.4 is 14.4 Å². The summed E-state index contributed by atoms with van der Waals surface area (Å²) in [6.45, 7) is 3.67. The number of aryl methyl sites for hydroxylation is 1. The van der Waals surface area contributed by atoms with E-state index in [2.05, 4.69) is 21.2 Å². The molecule has 0 radical (unpaired) electrons. The van der Waals surface area contributed by atoms with Crippen LogP contribution in [0.1, 0.15) is 30.0 Å². The Kier molecular flexibility index (Phi) is 12.3. The summed E-state index contributed by atoms with van der Waals surface area (Å²) in [4.78, 5) is 29.8. The van der Waals surface area contributed by atoms with E-state index in [-0.39, 0.29) is 40.2 Å². The zero-order valence-corrected chi connectivity index (χ0v) is 29.1. The van der Waals surface area contributed by atoms with Gasteiger partial charge < -0.3 is 15.0 Å². The number of rotatable bonds is 14. The smallest absolute Gasteiger partial charge is 0.264 e. The lowest BCUT2D eigenvalue weighted by atomic mass is 10.0. The van der Waals surface area contributed by atoms with Gasteiger partial charge in [0.05, 0.1) is 17.7 Å². The van der Waals surface area contributed by atoms with Gasteiger partial charge in [-0.2, -0.15) is 0 Å². The number of nitrogens with one attached hydrogen (secondary N) is 1. The number of ether oxygens (including phenoxy) is 1. The normalized spacial score (nSPS) is 11.8. The molecule has 0 bridgehead atoms. The number of nitrogens with zero attached hydrogens (tertiary/aromatic N) is 2.